The van der Waals surface area contributed by atoms with Crippen molar-refractivity contribution in [2.24, 2.45) is 23.7 Å². The fourth-order valence-corrected chi connectivity index (χ4v) is 4.97. The Morgan fingerprint density at radius 3 is 2.62 bits per heavy atom. The molecule has 2 aromatic rings. The molecular weight excluding hydrogens is 348 g/mol. The maximum absolute atomic E-state index is 12.7. The lowest BCUT2D eigenvalue weighted by Crippen LogP contribution is -2.36. The minimum Gasteiger partial charge on any atom is -0.481 e. The number of hydrogen-bond acceptors (Lipinski definition) is 4. The van der Waals surface area contributed by atoms with Crippen LogP contribution >= 0.6 is 11.3 Å². The van der Waals surface area contributed by atoms with E-state index in [-0.39, 0.29) is 17.7 Å². The van der Waals surface area contributed by atoms with Crippen molar-refractivity contribution in [2.45, 2.75) is 20.3 Å². The maximum atomic E-state index is 12.7. The first-order chi connectivity index (χ1) is 12.4. The summed E-state index contributed by atoms with van der Waals surface area (Å²) in [4.78, 5) is 28.9. The largest absolute Gasteiger partial charge is 0.481 e. The van der Waals surface area contributed by atoms with Crippen LogP contribution in [0.1, 0.15) is 17.5 Å². The van der Waals surface area contributed by atoms with Crippen molar-refractivity contribution in [3.63, 3.8) is 0 Å². The van der Waals surface area contributed by atoms with Crippen LogP contribution in [0.4, 0.5) is 5.13 Å². The molecule has 1 amide bonds. The van der Waals surface area contributed by atoms with Gasteiger partial charge in [0.1, 0.15) is 0 Å². The number of hydrogen-bond donors (Lipinski definition) is 2. The average molecular weight is 368 g/mol. The Hall–Kier alpha value is -2.47. The number of benzene rings is 1. The summed E-state index contributed by atoms with van der Waals surface area (Å²) in [5.41, 5.74) is 4.19. The summed E-state index contributed by atoms with van der Waals surface area (Å²) in [5.74, 6) is -2.30. The second-order valence-corrected chi connectivity index (χ2v) is 8.04. The van der Waals surface area contributed by atoms with Gasteiger partial charge in [0.2, 0.25) is 5.91 Å². The Kier molecular flexibility index (Phi) is 4.15. The summed E-state index contributed by atoms with van der Waals surface area (Å²) >= 11 is 1.37. The summed E-state index contributed by atoms with van der Waals surface area (Å²) in [6.45, 7) is 4.09. The Morgan fingerprint density at radius 1 is 1.19 bits per heavy atom. The van der Waals surface area contributed by atoms with E-state index in [9.17, 15) is 14.7 Å². The minimum absolute atomic E-state index is 0.0138. The van der Waals surface area contributed by atoms with Crippen LogP contribution in [0.3, 0.4) is 0 Å². The number of aryl methyl sites for hydroxylation is 2. The lowest BCUT2D eigenvalue weighted by molar-refractivity contribution is -0.146. The Bertz CT molecular complexity index is 918. The quantitative estimate of drug-likeness (QED) is 0.803. The number of carbonyl (C=O) groups excluding carboxylic acids is 1. The van der Waals surface area contributed by atoms with Crippen LogP contribution in [0, 0.1) is 37.5 Å². The minimum atomic E-state index is -0.892. The van der Waals surface area contributed by atoms with Crippen molar-refractivity contribution >= 4 is 28.3 Å². The Morgan fingerprint density at radius 2 is 1.92 bits per heavy atom. The van der Waals surface area contributed by atoms with E-state index in [2.05, 4.69) is 16.4 Å². The number of aromatic nitrogens is 1. The molecule has 2 aliphatic carbocycles. The predicted molar refractivity (Wildman–Crippen MR) is 101 cm³/mol. The van der Waals surface area contributed by atoms with Gasteiger partial charge in [0.25, 0.3) is 0 Å². The maximum Gasteiger partial charge on any atom is 0.307 e. The molecule has 0 saturated heterocycles. The van der Waals surface area contributed by atoms with Gasteiger partial charge in [-0.2, -0.15) is 0 Å². The highest BCUT2D eigenvalue weighted by Crippen LogP contribution is 2.48. The number of carbonyl (C=O) groups is 2. The number of anilines is 1. The van der Waals surface area contributed by atoms with Crippen LogP contribution in [0.5, 0.6) is 0 Å². The van der Waals surface area contributed by atoms with Crippen LogP contribution in [-0.2, 0) is 9.59 Å². The molecule has 2 aliphatic rings. The number of rotatable bonds is 4. The predicted octanol–water partition coefficient (Wildman–Crippen LogP) is 3.89. The third kappa shape index (κ3) is 2.84. The number of carboxylic acids is 1. The van der Waals surface area contributed by atoms with Gasteiger partial charge in [-0.1, -0.05) is 35.9 Å². The monoisotopic (exact) mass is 368 g/mol. The molecule has 0 spiro atoms. The van der Waals surface area contributed by atoms with E-state index in [0.29, 0.717) is 5.13 Å². The highest BCUT2D eigenvalue weighted by molar-refractivity contribution is 7.14. The van der Waals surface area contributed by atoms with Crippen LogP contribution < -0.4 is 5.32 Å². The molecule has 1 aromatic heterocycles. The number of allylic oxidation sites excluding steroid dienone is 2. The lowest BCUT2D eigenvalue weighted by Gasteiger charge is -2.23. The van der Waals surface area contributed by atoms with Crippen LogP contribution in [0.25, 0.3) is 11.3 Å². The number of fused-ring (bicyclic) bond motifs is 2. The zero-order valence-electron chi connectivity index (χ0n) is 14.6. The molecule has 2 bridgehead atoms. The zero-order chi connectivity index (χ0) is 18.4. The first kappa shape index (κ1) is 17.0. The Balaban J connectivity index is 1.53. The van der Waals surface area contributed by atoms with Gasteiger partial charge in [0.15, 0.2) is 5.13 Å². The van der Waals surface area contributed by atoms with Crippen LogP contribution in [-0.4, -0.2) is 22.0 Å². The van der Waals surface area contributed by atoms with Gasteiger partial charge in [0, 0.05) is 10.9 Å². The van der Waals surface area contributed by atoms with Crippen molar-refractivity contribution < 1.29 is 14.7 Å². The molecule has 5 nitrogen and oxygen atoms in total. The first-order valence-electron chi connectivity index (χ1n) is 8.69. The fraction of sp³-hybridized carbons (Fsp3) is 0.350. The SMILES string of the molecule is Cc1ccc(-c2csc(NC(=O)[C@@H]3[C@@H](C(=O)O)[C@H]4C=C[C@@H]3C4)n2)c(C)c1. The molecule has 0 unspecified atom stereocenters. The molecule has 26 heavy (non-hydrogen) atoms. The third-order valence-corrected chi connectivity index (χ3v) is 6.20. The fourth-order valence-electron chi connectivity index (χ4n) is 4.26. The van der Waals surface area contributed by atoms with Gasteiger partial charge >= 0.3 is 5.97 Å². The molecule has 1 saturated carbocycles. The third-order valence-electron chi connectivity index (χ3n) is 5.44. The number of thiazole rings is 1. The lowest BCUT2D eigenvalue weighted by atomic mass is 9.82. The topological polar surface area (TPSA) is 79.3 Å². The molecule has 2 N–H and O–H groups in total. The van der Waals surface area contributed by atoms with Crippen molar-refractivity contribution in [1.29, 1.82) is 0 Å². The van der Waals surface area contributed by atoms with Crippen LogP contribution in [0.15, 0.2) is 35.7 Å². The molecule has 1 heterocycles. The van der Waals surface area contributed by atoms with E-state index in [4.69, 9.17) is 0 Å². The smallest absolute Gasteiger partial charge is 0.307 e. The highest BCUT2D eigenvalue weighted by atomic mass is 32.1. The van der Waals surface area contributed by atoms with Crippen molar-refractivity contribution in [1.82, 2.24) is 4.98 Å². The molecule has 6 heteroatoms. The number of carboxylic acid groups (broad SMARTS) is 1. The number of aliphatic carboxylic acids is 1. The molecule has 0 radical (unpaired) electrons. The van der Waals surface area contributed by atoms with E-state index in [0.717, 1.165) is 23.2 Å². The summed E-state index contributed by atoms with van der Waals surface area (Å²) in [6, 6.07) is 6.18. The summed E-state index contributed by atoms with van der Waals surface area (Å²) in [5, 5.41) is 14.8. The van der Waals surface area contributed by atoms with E-state index in [1.165, 1.54) is 16.9 Å². The first-order valence-corrected chi connectivity index (χ1v) is 9.57. The highest BCUT2D eigenvalue weighted by Gasteiger charge is 2.51. The van der Waals surface area contributed by atoms with Gasteiger partial charge in [-0.05, 0) is 37.7 Å². The second kappa shape index (κ2) is 6.36. The van der Waals surface area contributed by atoms with E-state index < -0.39 is 17.8 Å². The molecule has 134 valence electrons. The van der Waals surface area contributed by atoms with Gasteiger partial charge < -0.3 is 10.4 Å². The van der Waals surface area contributed by atoms with E-state index in [1.807, 2.05) is 43.5 Å². The molecular formula is C20H20N2O3S. The van der Waals surface area contributed by atoms with Crippen molar-refractivity contribution in [2.75, 3.05) is 5.32 Å². The Labute approximate surface area is 155 Å². The summed E-state index contributed by atoms with van der Waals surface area (Å²) < 4.78 is 0. The van der Waals surface area contributed by atoms with Gasteiger partial charge in [-0.25, -0.2) is 4.98 Å². The molecule has 1 fully saturated rings. The van der Waals surface area contributed by atoms with Crippen molar-refractivity contribution in [3.8, 4) is 11.3 Å². The normalized spacial score (nSPS) is 26.2. The van der Waals surface area contributed by atoms with Gasteiger partial charge in [-0.3, -0.25) is 9.59 Å². The molecule has 1 aromatic carbocycles. The van der Waals surface area contributed by atoms with E-state index >= 15 is 0 Å². The zero-order valence-corrected chi connectivity index (χ0v) is 15.4. The van der Waals surface area contributed by atoms with E-state index in [1.54, 1.807) is 0 Å². The van der Waals surface area contributed by atoms with Gasteiger partial charge in [-0.15, -0.1) is 11.3 Å². The second-order valence-electron chi connectivity index (χ2n) is 7.18. The summed E-state index contributed by atoms with van der Waals surface area (Å²) in [7, 11) is 0. The van der Waals surface area contributed by atoms with Crippen LogP contribution in [0.2, 0.25) is 0 Å². The average Bonchev–Trinajstić information content (AvgIpc) is 3.29. The molecule has 0 aliphatic heterocycles. The van der Waals surface area contributed by atoms with Gasteiger partial charge in [0.05, 0.1) is 17.5 Å². The summed E-state index contributed by atoms with van der Waals surface area (Å²) in [6.07, 6.45) is 4.67. The number of nitrogens with zero attached hydrogens (tertiary/aromatic N) is 1. The molecule has 4 atom stereocenters. The number of amides is 1. The van der Waals surface area contributed by atoms with Crippen molar-refractivity contribution in [3.05, 3.63) is 46.9 Å². The standard InChI is InChI=1S/C20H20N2O3S/c1-10-3-6-14(11(2)7-10)15-9-26-20(21-15)22-18(23)16-12-4-5-13(8-12)17(16)19(24)25/h3-7,9,12-13,16-17H,8H2,1-2H3,(H,24,25)(H,21,22,23)/t12-,13+,16+,17+/m1/s1. The number of nitrogens with one attached hydrogen (secondary N) is 1. The molecule has 4 rings (SSSR count).